The van der Waals surface area contributed by atoms with Gasteiger partial charge < -0.3 is 19.0 Å². The molecular weight excluding hydrogens is 246 g/mol. The molecule has 0 aliphatic rings. The van der Waals surface area contributed by atoms with E-state index in [0.29, 0.717) is 6.54 Å². The minimum absolute atomic E-state index is 0.113. The predicted molar refractivity (Wildman–Crippen MR) is 77.5 cm³/mol. The Hall–Kier alpha value is 0.0569. The zero-order chi connectivity index (χ0) is 14.1. The predicted octanol–water partition coefficient (Wildman–Crippen LogP) is 2.80. The van der Waals surface area contributed by atoms with Gasteiger partial charge in [-0.1, -0.05) is 33.6 Å². The number of unbranched alkanes of at least 4 members (excludes halogenated alkanes) is 2. The van der Waals surface area contributed by atoms with E-state index in [1.807, 2.05) is 0 Å². The van der Waals surface area contributed by atoms with Crippen molar-refractivity contribution in [2.45, 2.75) is 52.5 Å². The fourth-order valence-electron chi connectivity index (χ4n) is 1.65. The molecule has 5 heteroatoms. The number of hydrogen-bond acceptors (Lipinski definition) is 4. The van der Waals surface area contributed by atoms with E-state index in [2.05, 4.69) is 20.8 Å². The highest BCUT2D eigenvalue weighted by Crippen LogP contribution is 2.27. The molecule has 18 heavy (non-hydrogen) atoms. The van der Waals surface area contributed by atoms with Crippen molar-refractivity contribution in [3.8, 4) is 0 Å². The summed E-state index contributed by atoms with van der Waals surface area (Å²) in [7, 11) is 0.896. The van der Waals surface area contributed by atoms with Crippen LogP contribution in [0.3, 0.4) is 0 Å². The molecule has 0 spiro atoms. The van der Waals surface area contributed by atoms with Crippen LogP contribution in [-0.2, 0) is 13.3 Å². The molecule has 0 aromatic heterocycles. The van der Waals surface area contributed by atoms with E-state index in [4.69, 9.17) is 19.0 Å². The molecule has 0 amide bonds. The molecule has 0 rings (SSSR count). The van der Waals surface area contributed by atoms with Crippen molar-refractivity contribution in [1.29, 1.82) is 0 Å². The molecule has 0 saturated carbocycles. The van der Waals surface area contributed by atoms with Gasteiger partial charge in [-0.05, 0) is 24.8 Å². The van der Waals surface area contributed by atoms with Crippen LogP contribution in [0.4, 0.5) is 0 Å². The van der Waals surface area contributed by atoms with E-state index in [-0.39, 0.29) is 5.41 Å². The third kappa shape index (κ3) is 6.85. The standard InChI is InChI=1S/C13H31NO3Si/c1-6-7-8-10-17-18(15-4,16-5)11-9-13(2,3)12-14/h6-12,14H2,1-5H3. The Kier molecular flexibility index (Phi) is 9.07. The Morgan fingerprint density at radius 1 is 1.11 bits per heavy atom. The van der Waals surface area contributed by atoms with Crippen LogP contribution in [0.5, 0.6) is 0 Å². The van der Waals surface area contributed by atoms with Gasteiger partial charge in [0.05, 0.1) is 0 Å². The van der Waals surface area contributed by atoms with Crippen molar-refractivity contribution in [2.24, 2.45) is 11.1 Å². The molecule has 0 radical (unpaired) electrons. The second kappa shape index (κ2) is 9.04. The average molecular weight is 277 g/mol. The average Bonchev–Trinajstić information content (AvgIpc) is 2.39. The molecule has 0 aromatic rings. The Morgan fingerprint density at radius 3 is 2.17 bits per heavy atom. The van der Waals surface area contributed by atoms with E-state index in [1.165, 1.54) is 12.8 Å². The maximum absolute atomic E-state index is 5.92. The lowest BCUT2D eigenvalue weighted by Crippen LogP contribution is -2.45. The molecule has 0 aliphatic heterocycles. The SMILES string of the molecule is CCCCCO[Si](CCC(C)(C)CN)(OC)OC. The van der Waals surface area contributed by atoms with Crippen molar-refractivity contribution in [3.05, 3.63) is 0 Å². The molecule has 0 aliphatic carbocycles. The van der Waals surface area contributed by atoms with Gasteiger partial charge in [-0.2, -0.15) is 0 Å². The molecule has 0 atom stereocenters. The molecule has 0 bridgehead atoms. The van der Waals surface area contributed by atoms with Gasteiger partial charge in [-0.15, -0.1) is 0 Å². The summed E-state index contributed by atoms with van der Waals surface area (Å²) in [5.41, 5.74) is 5.86. The molecule has 0 unspecified atom stereocenters. The topological polar surface area (TPSA) is 53.7 Å². The van der Waals surface area contributed by atoms with Gasteiger partial charge in [-0.25, -0.2) is 0 Å². The van der Waals surface area contributed by atoms with E-state index in [0.717, 1.165) is 25.5 Å². The zero-order valence-corrected chi connectivity index (χ0v) is 13.8. The highest BCUT2D eigenvalue weighted by atomic mass is 28.4. The van der Waals surface area contributed by atoms with Gasteiger partial charge in [0, 0.05) is 26.9 Å². The lowest BCUT2D eigenvalue weighted by molar-refractivity contribution is 0.0925. The number of hydrogen-bond donors (Lipinski definition) is 1. The highest BCUT2D eigenvalue weighted by molar-refractivity contribution is 6.60. The Labute approximate surface area is 114 Å². The van der Waals surface area contributed by atoms with E-state index < -0.39 is 8.80 Å². The van der Waals surface area contributed by atoms with Gasteiger partial charge in [-0.3, -0.25) is 0 Å². The van der Waals surface area contributed by atoms with Gasteiger partial charge >= 0.3 is 8.80 Å². The first-order valence-electron chi connectivity index (χ1n) is 6.89. The number of nitrogens with two attached hydrogens (primary N) is 1. The van der Waals surface area contributed by atoms with Crippen LogP contribution < -0.4 is 5.73 Å². The van der Waals surface area contributed by atoms with Crippen molar-refractivity contribution < 1.29 is 13.3 Å². The van der Waals surface area contributed by atoms with Crippen molar-refractivity contribution in [2.75, 3.05) is 27.4 Å². The Balaban J connectivity index is 4.24. The van der Waals surface area contributed by atoms with Crippen molar-refractivity contribution >= 4 is 8.80 Å². The first-order valence-corrected chi connectivity index (χ1v) is 8.83. The van der Waals surface area contributed by atoms with E-state index >= 15 is 0 Å². The molecule has 0 aromatic carbocycles. The molecule has 0 fully saturated rings. The minimum atomic E-state index is -2.48. The number of rotatable bonds is 11. The zero-order valence-electron chi connectivity index (χ0n) is 12.8. The van der Waals surface area contributed by atoms with Crippen LogP contribution in [0.25, 0.3) is 0 Å². The molecule has 110 valence electrons. The maximum Gasteiger partial charge on any atom is 0.500 e. The van der Waals surface area contributed by atoms with Gasteiger partial charge in [0.15, 0.2) is 0 Å². The Morgan fingerprint density at radius 2 is 1.72 bits per heavy atom. The first kappa shape index (κ1) is 18.1. The second-order valence-corrected chi connectivity index (χ2v) is 8.49. The summed E-state index contributed by atoms with van der Waals surface area (Å²) in [4.78, 5) is 0. The molecule has 2 N–H and O–H groups in total. The van der Waals surface area contributed by atoms with Crippen molar-refractivity contribution in [1.82, 2.24) is 0 Å². The molecule has 4 nitrogen and oxygen atoms in total. The first-order chi connectivity index (χ1) is 8.45. The smallest absolute Gasteiger partial charge is 0.377 e. The van der Waals surface area contributed by atoms with E-state index in [9.17, 15) is 0 Å². The third-order valence-electron chi connectivity index (χ3n) is 3.35. The van der Waals surface area contributed by atoms with Crippen LogP contribution in [0.1, 0.15) is 46.5 Å². The van der Waals surface area contributed by atoms with Gasteiger partial charge in [0.2, 0.25) is 0 Å². The Bertz CT molecular complexity index is 208. The van der Waals surface area contributed by atoms with Crippen LogP contribution in [0.2, 0.25) is 6.04 Å². The van der Waals surface area contributed by atoms with Crippen LogP contribution in [0.15, 0.2) is 0 Å². The quantitative estimate of drug-likeness (QED) is 0.466. The summed E-state index contributed by atoms with van der Waals surface area (Å²) < 4.78 is 17.0. The second-order valence-electron chi connectivity index (χ2n) is 5.52. The van der Waals surface area contributed by atoms with Crippen LogP contribution in [0, 0.1) is 5.41 Å². The summed E-state index contributed by atoms with van der Waals surface area (Å²) in [6.07, 6.45) is 4.41. The summed E-state index contributed by atoms with van der Waals surface area (Å²) in [6.45, 7) is 7.90. The summed E-state index contributed by atoms with van der Waals surface area (Å²) in [5, 5.41) is 0. The fraction of sp³-hybridized carbons (Fsp3) is 1.00. The lowest BCUT2D eigenvalue weighted by Gasteiger charge is -2.30. The van der Waals surface area contributed by atoms with Crippen LogP contribution >= 0.6 is 0 Å². The minimum Gasteiger partial charge on any atom is -0.377 e. The molecule has 0 saturated heterocycles. The van der Waals surface area contributed by atoms with E-state index in [1.54, 1.807) is 14.2 Å². The maximum atomic E-state index is 5.92. The van der Waals surface area contributed by atoms with Crippen molar-refractivity contribution in [3.63, 3.8) is 0 Å². The largest absolute Gasteiger partial charge is 0.500 e. The third-order valence-corrected chi connectivity index (χ3v) is 6.10. The van der Waals surface area contributed by atoms with Gasteiger partial charge in [0.1, 0.15) is 0 Å². The lowest BCUT2D eigenvalue weighted by atomic mass is 9.91. The molecule has 0 heterocycles. The summed E-state index contributed by atoms with van der Waals surface area (Å²) in [5.74, 6) is 0. The molecular formula is C13H31NO3Si. The van der Waals surface area contributed by atoms with Gasteiger partial charge in [0.25, 0.3) is 0 Å². The van der Waals surface area contributed by atoms with Crippen LogP contribution in [-0.4, -0.2) is 36.2 Å². The monoisotopic (exact) mass is 277 g/mol. The fourth-order valence-corrected chi connectivity index (χ4v) is 4.04. The summed E-state index contributed by atoms with van der Waals surface area (Å²) in [6, 6.07) is 0.830. The normalized spacial score (nSPS) is 13.0. The highest BCUT2D eigenvalue weighted by Gasteiger charge is 2.40. The summed E-state index contributed by atoms with van der Waals surface area (Å²) >= 11 is 0.